The normalized spacial score (nSPS) is 13.1. The van der Waals surface area contributed by atoms with Crippen LogP contribution in [0.3, 0.4) is 0 Å². The molecule has 1 unspecified atom stereocenters. The van der Waals surface area contributed by atoms with Gasteiger partial charge in [0.1, 0.15) is 0 Å². The summed E-state index contributed by atoms with van der Waals surface area (Å²) < 4.78 is 0. The first kappa shape index (κ1) is 16.4. The van der Waals surface area contributed by atoms with E-state index in [1.54, 1.807) is 0 Å². The molecule has 0 fully saturated rings. The van der Waals surface area contributed by atoms with E-state index in [4.69, 9.17) is 5.84 Å². The fourth-order valence-corrected chi connectivity index (χ4v) is 2.09. The molecule has 102 valence electrons. The molecule has 0 radical (unpaired) electrons. The van der Waals surface area contributed by atoms with Gasteiger partial charge in [-0.25, -0.2) is 5.84 Å². The summed E-state index contributed by atoms with van der Waals surface area (Å²) in [4.78, 5) is 13.6. The van der Waals surface area contributed by atoms with Gasteiger partial charge < -0.3 is 4.90 Å². The van der Waals surface area contributed by atoms with Crippen LogP contribution in [-0.4, -0.2) is 29.9 Å². The van der Waals surface area contributed by atoms with Crippen molar-refractivity contribution in [2.24, 2.45) is 11.8 Å². The minimum atomic E-state index is -0.0737. The van der Waals surface area contributed by atoms with Gasteiger partial charge >= 0.3 is 0 Å². The van der Waals surface area contributed by atoms with E-state index >= 15 is 0 Å². The maximum atomic E-state index is 11.1. The zero-order valence-electron chi connectivity index (χ0n) is 11.8. The highest BCUT2D eigenvalue weighted by atomic mass is 16.2. The molecule has 3 N–H and O–H groups in total. The van der Waals surface area contributed by atoms with Crippen LogP contribution in [0, 0.1) is 5.92 Å². The molecule has 1 amide bonds. The SMILES string of the molecule is CCC(CC)CN(CC)C(C)CCC(=O)NN. The van der Waals surface area contributed by atoms with Crippen LogP contribution in [0.2, 0.25) is 0 Å². The van der Waals surface area contributed by atoms with Crippen molar-refractivity contribution < 1.29 is 4.79 Å². The average molecular weight is 243 g/mol. The molecule has 1 atom stereocenters. The molecule has 0 aliphatic rings. The Balaban J connectivity index is 4.10. The Hall–Kier alpha value is -0.610. The second-order valence-corrected chi connectivity index (χ2v) is 4.73. The summed E-state index contributed by atoms with van der Waals surface area (Å²) in [7, 11) is 0. The van der Waals surface area contributed by atoms with Crippen molar-refractivity contribution in [2.45, 2.75) is 59.4 Å². The van der Waals surface area contributed by atoms with E-state index in [-0.39, 0.29) is 5.91 Å². The van der Waals surface area contributed by atoms with Crippen molar-refractivity contribution >= 4 is 5.91 Å². The number of hydrogen-bond acceptors (Lipinski definition) is 3. The van der Waals surface area contributed by atoms with E-state index in [2.05, 4.69) is 38.0 Å². The number of hydrogen-bond donors (Lipinski definition) is 2. The summed E-state index contributed by atoms with van der Waals surface area (Å²) in [6.45, 7) is 11.0. The number of rotatable bonds is 9. The van der Waals surface area contributed by atoms with Gasteiger partial charge in [0.05, 0.1) is 0 Å². The Morgan fingerprint density at radius 3 is 2.29 bits per heavy atom. The van der Waals surface area contributed by atoms with Gasteiger partial charge in [0.25, 0.3) is 0 Å². The molecule has 0 aromatic heterocycles. The number of nitrogens with zero attached hydrogens (tertiary/aromatic N) is 1. The first-order chi connectivity index (χ1) is 8.08. The largest absolute Gasteiger partial charge is 0.301 e. The zero-order chi connectivity index (χ0) is 13.3. The molecule has 17 heavy (non-hydrogen) atoms. The lowest BCUT2D eigenvalue weighted by atomic mass is 10.0. The summed E-state index contributed by atoms with van der Waals surface area (Å²) in [6.07, 6.45) is 3.83. The number of amides is 1. The Bertz CT molecular complexity index is 205. The molecule has 4 heteroatoms. The van der Waals surface area contributed by atoms with Gasteiger partial charge in [0.15, 0.2) is 0 Å². The van der Waals surface area contributed by atoms with Gasteiger partial charge in [-0.15, -0.1) is 0 Å². The number of carbonyl (C=O) groups excluding carboxylic acids is 1. The van der Waals surface area contributed by atoms with Gasteiger partial charge in [-0.1, -0.05) is 33.6 Å². The van der Waals surface area contributed by atoms with Crippen molar-refractivity contribution in [3.8, 4) is 0 Å². The molecular weight excluding hydrogens is 214 g/mol. The van der Waals surface area contributed by atoms with Crippen LogP contribution in [0.25, 0.3) is 0 Å². The third-order valence-electron chi connectivity index (χ3n) is 3.63. The van der Waals surface area contributed by atoms with Crippen molar-refractivity contribution in [1.82, 2.24) is 10.3 Å². The number of nitrogens with two attached hydrogens (primary N) is 1. The molecule has 0 heterocycles. The summed E-state index contributed by atoms with van der Waals surface area (Å²) in [5.74, 6) is 5.77. The van der Waals surface area contributed by atoms with Crippen LogP contribution in [0.4, 0.5) is 0 Å². The summed E-state index contributed by atoms with van der Waals surface area (Å²) in [6, 6.07) is 0.442. The first-order valence-corrected chi connectivity index (χ1v) is 6.82. The fraction of sp³-hybridized carbons (Fsp3) is 0.923. The molecule has 4 nitrogen and oxygen atoms in total. The molecule has 0 bridgehead atoms. The van der Waals surface area contributed by atoms with Crippen molar-refractivity contribution in [3.05, 3.63) is 0 Å². The molecule has 0 aromatic rings. The lowest BCUT2D eigenvalue weighted by molar-refractivity contribution is -0.121. The Kier molecular flexibility index (Phi) is 9.09. The standard InChI is InChI=1S/C13H29N3O/c1-5-12(6-2)10-16(7-3)11(4)8-9-13(17)15-14/h11-12H,5-10,14H2,1-4H3,(H,15,17). The van der Waals surface area contributed by atoms with Crippen LogP contribution >= 0.6 is 0 Å². The number of hydrazine groups is 1. The van der Waals surface area contributed by atoms with E-state index in [1.165, 1.54) is 12.8 Å². The maximum absolute atomic E-state index is 11.1. The molecule has 0 saturated carbocycles. The summed E-state index contributed by atoms with van der Waals surface area (Å²) >= 11 is 0. The van der Waals surface area contributed by atoms with Crippen molar-refractivity contribution in [3.63, 3.8) is 0 Å². The number of nitrogens with one attached hydrogen (secondary N) is 1. The predicted octanol–water partition coefficient (Wildman–Crippen LogP) is 1.90. The molecule has 0 rings (SSSR count). The van der Waals surface area contributed by atoms with E-state index in [0.29, 0.717) is 12.5 Å². The monoisotopic (exact) mass is 243 g/mol. The van der Waals surface area contributed by atoms with Crippen LogP contribution in [0.5, 0.6) is 0 Å². The van der Waals surface area contributed by atoms with Crippen molar-refractivity contribution in [2.75, 3.05) is 13.1 Å². The molecule has 0 saturated heterocycles. The highest BCUT2D eigenvalue weighted by Crippen LogP contribution is 2.14. The van der Waals surface area contributed by atoms with E-state index < -0.39 is 0 Å². The third kappa shape index (κ3) is 6.64. The fourth-order valence-electron chi connectivity index (χ4n) is 2.09. The van der Waals surface area contributed by atoms with Gasteiger partial charge in [0, 0.05) is 19.0 Å². The second kappa shape index (κ2) is 9.42. The predicted molar refractivity (Wildman–Crippen MR) is 72.3 cm³/mol. The third-order valence-corrected chi connectivity index (χ3v) is 3.63. The Morgan fingerprint density at radius 2 is 1.88 bits per heavy atom. The number of carbonyl (C=O) groups is 1. The van der Waals surface area contributed by atoms with Crippen LogP contribution < -0.4 is 11.3 Å². The van der Waals surface area contributed by atoms with Gasteiger partial charge in [-0.2, -0.15) is 0 Å². The van der Waals surface area contributed by atoms with Crippen LogP contribution in [0.15, 0.2) is 0 Å². The van der Waals surface area contributed by atoms with Gasteiger partial charge in [0.2, 0.25) is 5.91 Å². The van der Waals surface area contributed by atoms with E-state index in [9.17, 15) is 4.79 Å². The lowest BCUT2D eigenvalue weighted by Gasteiger charge is -2.31. The van der Waals surface area contributed by atoms with Crippen LogP contribution in [-0.2, 0) is 4.79 Å². The molecular formula is C13H29N3O. The Labute approximate surface area is 106 Å². The maximum Gasteiger partial charge on any atom is 0.233 e. The molecule has 0 aliphatic heterocycles. The minimum Gasteiger partial charge on any atom is -0.301 e. The summed E-state index contributed by atoms with van der Waals surface area (Å²) in [5, 5.41) is 0. The molecule has 0 aliphatic carbocycles. The van der Waals surface area contributed by atoms with E-state index in [1.807, 2.05) is 0 Å². The highest BCUT2D eigenvalue weighted by molar-refractivity contribution is 5.75. The van der Waals surface area contributed by atoms with Gasteiger partial charge in [-0.05, 0) is 25.8 Å². The van der Waals surface area contributed by atoms with Gasteiger partial charge in [-0.3, -0.25) is 10.2 Å². The Morgan fingerprint density at radius 1 is 1.29 bits per heavy atom. The lowest BCUT2D eigenvalue weighted by Crippen LogP contribution is -2.38. The summed E-state index contributed by atoms with van der Waals surface area (Å²) in [5.41, 5.74) is 2.18. The quantitative estimate of drug-likeness (QED) is 0.369. The smallest absolute Gasteiger partial charge is 0.233 e. The van der Waals surface area contributed by atoms with Crippen LogP contribution in [0.1, 0.15) is 53.4 Å². The van der Waals surface area contributed by atoms with E-state index in [0.717, 1.165) is 25.4 Å². The molecule has 0 spiro atoms. The zero-order valence-corrected chi connectivity index (χ0v) is 11.8. The van der Waals surface area contributed by atoms with Crippen molar-refractivity contribution in [1.29, 1.82) is 0 Å². The first-order valence-electron chi connectivity index (χ1n) is 6.82. The second-order valence-electron chi connectivity index (χ2n) is 4.73. The molecule has 0 aromatic carbocycles. The average Bonchev–Trinajstić information content (AvgIpc) is 2.37. The topological polar surface area (TPSA) is 58.4 Å². The highest BCUT2D eigenvalue weighted by Gasteiger charge is 2.16. The minimum absolute atomic E-state index is 0.0737.